The first-order valence-corrected chi connectivity index (χ1v) is 12.0. The van der Waals surface area contributed by atoms with Crippen molar-refractivity contribution in [2.24, 2.45) is 0 Å². The van der Waals surface area contributed by atoms with Gasteiger partial charge in [-0.1, -0.05) is 36.4 Å². The molecule has 6 heteroatoms. The van der Waals surface area contributed by atoms with E-state index >= 15 is 0 Å². The molecule has 1 saturated heterocycles. The largest absolute Gasteiger partial charge is 0.371 e. The van der Waals surface area contributed by atoms with Gasteiger partial charge in [0.15, 0.2) is 0 Å². The quantitative estimate of drug-likeness (QED) is 0.400. The number of benzene rings is 3. The van der Waals surface area contributed by atoms with Crippen LogP contribution < -0.4 is 15.5 Å². The maximum atomic E-state index is 13.3. The average molecular weight is 465 g/mol. The Morgan fingerprint density at radius 2 is 1.66 bits per heavy atom. The maximum Gasteiger partial charge on any atom is 0.255 e. The Bertz CT molecular complexity index is 1350. The van der Waals surface area contributed by atoms with Crippen LogP contribution in [0.2, 0.25) is 0 Å². The second-order valence-corrected chi connectivity index (χ2v) is 8.84. The molecular formula is C29H28N4O2. The molecule has 1 aromatic heterocycles. The summed E-state index contributed by atoms with van der Waals surface area (Å²) in [5.41, 5.74) is 3.56. The van der Waals surface area contributed by atoms with Crippen molar-refractivity contribution in [2.75, 3.05) is 23.3 Å². The molecule has 0 bridgehead atoms. The number of piperidine rings is 1. The number of rotatable bonds is 6. The van der Waals surface area contributed by atoms with E-state index in [1.165, 1.54) is 6.42 Å². The molecule has 1 fully saturated rings. The van der Waals surface area contributed by atoms with Crippen LogP contribution in [0.5, 0.6) is 0 Å². The average Bonchev–Trinajstić information content (AvgIpc) is 2.92. The minimum atomic E-state index is -0.205. The van der Waals surface area contributed by atoms with E-state index in [-0.39, 0.29) is 11.8 Å². The number of hydrogen-bond donors (Lipinski definition) is 2. The van der Waals surface area contributed by atoms with Gasteiger partial charge < -0.3 is 15.5 Å². The first kappa shape index (κ1) is 22.6. The first-order valence-electron chi connectivity index (χ1n) is 12.0. The highest BCUT2D eigenvalue weighted by Gasteiger charge is 2.20. The van der Waals surface area contributed by atoms with E-state index in [0.717, 1.165) is 48.0 Å². The van der Waals surface area contributed by atoms with Crippen LogP contribution in [-0.2, 0) is 6.54 Å². The van der Waals surface area contributed by atoms with Gasteiger partial charge in [0.25, 0.3) is 11.8 Å². The fourth-order valence-electron chi connectivity index (χ4n) is 4.52. The Morgan fingerprint density at radius 3 is 2.46 bits per heavy atom. The van der Waals surface area contributed by atoms with Crippen molar-refractivity contribution in [2.45, 2.75) is 25.8 Å². The van der Waals surface area contributed by atoms with E-state index < -0.39 is 0 Å². The molecule has 1 aliphatic heterocycles. The van der Waals surface area contributed by atoms with Crippen molar-refractivity contribution in [3.63, 3.8) is 0 Å². The monoisotopic (exact) mass is 464 g/mol. The molecule has 2 amide bonds. The molecule has 3 aromatic carbocycles. The fourth-order valence-corrected chi connectivity index (χ4v) is 4.52. The molecule has 5 rings (SSSR count). The lowest BCUT2D eigenvalue weighted by molar-refractivity contribution is 0.0950. The van der Waals surface area contributed by atoms with Gasteiger partial charge >= 0.3 is 0 Å². The summed E-state index contributed by atoms with van der Waals surface area (Å²) < 4.78 is 0. The van der Waals surface area contributed by atoms with Gasteiger partial charge in [-0.25, -0.2) is 0 Å². The van der Waals surface area contributed by atoms with Gasteiger partial charge in [-0.3, -0.25) is 14.6 Å². The number of nitrogens with one attached hydrogen (secondary N) is 2. The van der Waals surface area contributed by atoms with Gasteiger partial charge in [-0.05, 0) is 72.0 Å². The normalized spacial score (nSPS) is 13.4. The number of nitrogens with zero attached hydrogens (tertiary/aromatic N) is 2. The lowest BCUT2D eigenvalue weighted by atomic mass is 10.0. The predicted molar refractivity (Wildman–Crippen MR) is 140 cm³/mol. The zero-order chi connectivity index (χ0) is 24.0. The fraction of sp³-hybridized carbons (Fsp3) is 0.207. The summed E-state index contributed by atoms with van der Waals surface area (Å²) in [7, 11) is 0. The van der Waals surface area contributed by atoms with Gasteiger partial charge in [0.05, 0.1) is 5.56 Å². The van der Waals surface area contributed by atoms with E-state index in [1.54, 1.807) is 18.5 Å². The molecule has 2 N–H and O–H groups in total. The van der Waals surface area contributed by atoms with Gasteiger partial charge in [0, 0.05) is 49.0 Å². The Balaban J connectivity index is 1.39. The second kappa shape index (κ2) is 10.4. The molecule has 0 saturated carbocycles. The molecule has 6 nitrogen and oxygen atoms in total. The van der Waals surface area contributed by atoms with Crippen LogP contribution in [0.4, 0.5) is 11.4 Å². The van der Waals surface area contributed by atoms with Crippen LogP contribution in [0, 0.1) is 0 Å². The molecule has 4 aromatic rings. The molecule has 2 heterocycles. The predicted octanol–water partition coefficient (Wildman–Crippen LogP) is 5.41. The van der Waals surface area contributed by atoms with Crippen LogP contribution in [-0.4, -0.2) is 29.9 Å². The van der Waals surface area contributed by atoms with Crippen molar-refractivity contribution in [3.8, 4) is 0 Å². The third-order valence-corrected chi connectivity index (χ3v) is 6.38. The zero-order valence-corrected chi connectivity index (χ0v) is 19.5. The van der Waals surface area contributed by atoms with Crippen molar-refractivity contribution in [1.82, 2.24) is 10.3 Å². The van der Waals surface area contributed by atoms with Gasteiger partial charge in [-0.15, -0.1) is 0 Å². The molecule has 35 heavy (non-hydrogen) atoms. The Labute approximate surface area is 205 Å². The van der Waals surface area contributed by atoms with E-state index in [4.69, 9.17) is 0 Å². The first-order chi connectivity index (χ1) is 17.2. The summed E-state index contributed by atoms with van der Waals surface area (Å²) in [6, 6.07) is 23.0. The van der Waals surface area contributed by atoms with Gasteiger partial charge in [-0.2, -0.15) is 0 Å². The molecule has 0 radical (unpaired) electrons. The van der Waals surface area contributed by atoms with Crippen LogP contribution in [0.3, 0.4) is 0 Å². The van der Waals surface area contributed by atoms with Crippen LogP contribution >= 0.6 is 0 Å². The highest BCUT2D eigenvalue weighted by molar-refractivity contribution is 6.08. The molecule has 0 unspecified atom stereocenters. The lowest BCUT2D eigenvalue weighted by Gasteiger charge is -2.30. The molecule has 176 valence electrons. The summed E-state index contributed by atoms with van der Waals surface area (Å²) >= 11 is 0. The van der Waals surface area contributed by atoms with Crippen molar-refractivity contribution < 1.29 is 9.59 Å². The summed E-state index contributed by atoms with van der Waals surface area (Å²) in [5.74, 6) is -0.376. The van der Waals surface area contributed by atoms with E-state index in [1.807, 2.05) is 66.7 Å². The number of carbonyl (C=O) groups excluding carboxylic acids is 2. The van der Waals surface area contributed by atoms with Crippen LogP contribution in [0.15, 0.2) is 85.2 Å². The number of aromatic nitrogens is 1. The number of hydrogen-bond acceptors (Lipinski definition) is 4. The molecule has 0 spiro atoms. The molecule has 1 aliphatic rings. The third-order valence-electron chi connectivity index (χ3n) is 6.38. The Hall–Kier alpha value is -4.19. The standard InChI is InChI=1S/C29H28N4O2/c34-28(24-11-10-22-8-2-3-9-23(22)17-24)32-25-12-13-27(33-15-4-1-5-16-33)26(18-25)29(35)31-20-21-7-6-14-30-19-21/h2-3,6-14,17-19H,1,4-5,15-16,20H2,(H,31,35)(H,32,34). The number of pyridine rings is 1. The topological polar surface area (TPSA) is 74.3 Å². The van der Waals surface area contributed by atoms with Crippen molar-refractivity contribution in [1.29, 1.82) is 0 Å². The summed E-state index contributed by atoms with van der Waals surface area (Å²) in [6.45, 7) is 2.23. The molecule has 0 atom stereocenters. The highest BCUT2D eigenvalue weighted by atomic mass is 16.2. The van der Waals surface area contributed by atoms with E-state index in [2.05, 4.69) is 20.5 Å². The van der Waals surface area contributed by atoms with Gasteiger partial charge in [0.2, 0.25) is 0 Å². The van der Waals surface area contributed by atoms with E-state index in [0.29, 0.717) is 23.4 Å². The number of carbonyl (C=O) groups is 2. The second-order valence-electron chi connectivity index (χ2n) is 8.84. The van der Waals surface area contributed by atoms with Crippen LogP contribution in [0.25, 0.3) is 10.8 Å². The summed E-state index contributed by atoms with van der Waals surface area (Å²) in [5, 5.41) is 8.08. The SMILES string of the molecule is O=C(Nc1ccc(N2CCCCC2)c(C(=O)NCc2cccnc2)c1)c1ccc2ccccc2c1. The Kier molecular flexibility index (Phi) is 6.70. The number of amides is 2. The number of anilines is 2. The van der Waals surface area contributed by atoms with E-state index in [9.17, 15) is 9.59 Å². The smallest absolute Gasteiger partial charge is 0.255 e. The van der Waals surface area contributed by atoms with Crippen LogP contribution in [0.1, 0.15) is 45.5 Å². The number of fused-ring (bicyclic) bond motifs is 1. The molecular weight excluding hydrogens is 436 g/mol. The third kappa shape index (κ3) is 5.32. The van der Waals surface area contributed by atoms with Gasteiger partial charge in [0.1, 0.15) is 0 Å². The maximum absolute atomic E-state index is 13.3. The molecule has 0 aliphatic carbocycles. The lowest BCUT2D eigenvalue weighted by Crippen LogP contribution is -2.32. The Morgan fingerprint density at radius 1 is 0.829 bits per heavy atom. The minimum absolute atomic E-state index is 0.170. The van der Waals surface area contributed by atoms with Crippen molar-refractivity contribution >= 4 is 34.0 Å². The summed E-state index contributed by atoms with van der Waals surface area (Å²) in [4.78, 5) is 32.6. The zero-order valence-electron chi connectivity index (χ0n) is 19.5. The summed E-state index contributed by atoms with van der Waals surface area (Å²) in [6.07, 6.45) is 6.88. The highest BCUT2D eigenvalue weighted by Crippen LogP contribution is 2.28. The minimum Gasteiger partial charge on any atom is -0.371 e. The van der Waals surface area contributed by atoms with Crippen molar-refractivity contribution in [3.05, 3.63) is 102 Å².